The van der Waals surface area contributed by atoms with Crippen LogP contribution in [0, 0.1) is 5.92 Å². The molecule has 2 aromatic rings. The molecule has 2 heterocycles. The van der Waals surface area contributed by atoms with Crippen LogP contribution in [0.2, 0.25) is 0 Å². The minimum atomic E-state index is -0.445. The highest BCUT2D eigenvalue weighted by atomic mass is 16.2. The highest BCUT2D eigenvalue weighted by Gasteiger charge is 2.30. The molecule has 3 rings (SSSR count). The second kappa shape index (κ2) is 6.54. The van der Waals surface area contributed by atoms with E-state index in [0.29, 0.717) is 11.7 Å². The Kier molecular flexibility index (Phi) is 4.43. The second-order valence-electron chi connectivity index (χ2n) is 6.40. The van der Waals surface area contributed by atoms with E-state index in [1.54, 1.807) is 19.3 Å². The minimum absolute atomic E-state index is 0.241. The maximum absolute atomic E-state index is 12.2. The van der Waals surface area contributed by atoms with Crippen molar-refractivity contribution >= 4 is 17.8 Å². The van der Waals surface area contributed by atoms with Crippen LogP contribution in [0.3, 0.4) is 0 Å². The van der Waals surface area contributed by atoms with Gasteiger partial charge in [-0.25, -0.2) is 9.48 Å². The van der Waals surface area contributed by atoms with E-state index in [2.05, 4.69) is 17.3 Å². The third-order valence-electron chi connectivity index (χ3n) is 4.50. The van der Waals surface area contributed by atoms with E-state index in [9.17, 15) is 14.4 Å². The summed E-state index contributed by atoms with van der Waals surface area (Å²) >= 11 is 0. The molecule has 25 heavy (non-hydrogen) atoms. The zero-order valence-corrected chi connectivity index (χ0v) is 14.5. The second-order valence-corrected chi connectivity index (χ2v) is 6.40. The molecule has 0 aromatic carbocycles. The predicted octanol–water partition coefficient (Wildman–Crippen LogP) is 0.903. The molecule has 1 aliphatic carbocycles. The van der Waals surface area contributed by atoms with Crippen molar-refractivity contribution in [2.24, 2.45) is 20.0 Å². The number of nitrogens with one attached hydrogen (secondary N) is 1. The number of aromatic nitrogens is 4. The van der Waals surface area contributed by atoms with Gasteiger partial charge in [-0.15, -0.1) is 0 Å². The number of hydrogen-bond donors (Lipinski definition) is 1. The molecule has 0 radical (unpaired) electrons. The number of nitrogens with zero attached hydrogens (tertiary/aromatic N) is 4. The van der Waals surface area contributed by atoms with Gasteiger partial charge in [0.2, 0.25) is 5.91 Å². The van der Waals surface area contributed by atoms with Crippen molar-refractivity contribution in [1.82, 2.24) is 18.9 Å². The van der Waals surface area contributed by atoms with Crippen molar-refractivity contribution in [3.05, 3.63) is 50.9 Å². The van der Waals surface area contributed by atoms with E-state index >= 15 is 0 Å². The topological polar surface area (TPSA) is 90.9 Å². The molecule has 0 spiro atoms. The number of aryl methyl sites for hydroxylation is 1. The molecule has 1 amide bonds. The summed E-state index contributed by atoms with van der Waals surface area (Å²) < 4.78 is 4.12. The van der Waals surface area contributed by atoms with Crippen LogP contribution in [-0.2, 0) is 18.9 Å². The fourth-order valence-corrected chi connectivity index (χ4v) is 2.80. The van der Waals surface area contributed by atoms with Crippen LogP contribution in [0.25, 0.3) is 6.08 Å². The van der Waals surface area contributed by atoms with Gasteiger partial charge in [0.1, 0.15) is 5.82 Å². The first-order valence-corrected chi connectivity index (χ1v) is 8.17. The van der Waals surface area contributed by atoms with E-state index in [1.165, 1.54) is 42.8 Å². The van der Waals surface area contributed by atoms with Gasteiger partial charge in [0.15, 0.2) is 0 Å². The Hall–Kier alpha value is -2.90. The molecule has 132 valence electrons. The smallest absolute Gasteiger partial charge is 0.307 e. The number of carbonyl (C=O) groups excluding carboxylic acids is 1. The monoisotopic (exact) mass is 343 g/mol. The minimum Gasteiger partial charge on any atom is -0.307 e. The van der Waals surface area contributed by atoms with Crippen LogP contribution in [0.15, 0.2) is 34.1 Å². The molecule has 2 aromatic heterocycles. The molecule has 0 saturated heterocycles. The maximum Gasteiger partial charge on any atom is 0.330 e. The number of rotatable bonds is 5. The Morgan fingerprint density at radius 3 is 2.76 bits per heavy atom. The van der Waals surface area contributed by atoms with Crippen LogP contribution in [0.4, 0.5) is 5.82 Å². The molecule has 1 fully saturated rings. The molecule has 1 unspecified atom stereocenters. The Bertz CT molecular complexity index is 946. The summed E-state index contributed by atoms with van der Waals surface area (Å²) in [6.07, 6.45) is 8.12. The number of amides is 1. The lowest BCUT2D eigenvalue weighted by Gasteiger charge is -2.14. The van der Waals surface area contributed by atoms with Gasteiger partial charge in [-0.3, -0.25) is 14.2 Å². The van der Waals surface area contributed by atoms with E-state index in [0.717, 1.165) is 4.57 Å². The first-order valence-electron chi connectivity index (χ1n) is 8.17. The number of hydrogen-bond acceptors (Lipinski definition) is 4. The Labute approximate surface area is 144 Å². The molecule has 8 nitrogen and oxygen atoms in total. The molecule has 0 aliphatic heterocycles. The summed E-state index contributed by atoms with van der Waals surface area (Å²) in [4.78, 5) is 35.9. The molecule has 1 aliphatic rings. The molecule has 8 heteroatoms. The first kappa shape index (κ1) is 16.9. The van der Waals surface area contributed by atoms with Gasteiger partial charge in [0.25, 0.3) is 5.56 Å². The third-order valence-corrected chi connectivity index (χ3v) is 4.50. The zero-order valence-electron chi connectivity index (χ0n) is 14.5. The van der Waals surface area contributed by atoms with Crippen LogP contribution in [-0.4, -0.2) is 24.8 Å². The third kappa shape index (κ3) is 3.47. The molecule has 1 atom stereocenters. The standard InChI is InChI=1S/C17H21N5O3/c1-11(12-4-5-12)22-14(8-9-18-22)19-15(23)7-6-13-10-20(2)17(25)21(3)16(13)24/h6-12H,4-5H2,1-3H3,(H,19,23)/b7-6+. The summed E-state index contributed by atoms with van der Waals surface area (Å²) in [6, 6.07) is 1.99. The van der Waals surface area contributed by atoms with Gasteiger partial charge in [-0.1, -0.05) is 0 Å². The van der Waals surface area contributed by atoms with Crippen molar-refractivity contribution in [1.29, 1.82) is 0 Å². The van der Waals surface area contributed by atoms with Crippen LogP contribution >= 0.6 is 0 Å². The van der Waals surface area contributed by atoms with E-state index < -0.39 is 11.2 Å². The van der Waals surface area contributed by atoms with Gasteiger partial charge >= 0.3 is 5.69 Å². The van der Waals surface area contributed by atoms with Crippen LogP contribution < -0.4 is 16.6 Å². The average molecular weight is 343 g/mol. The number of anilines is 1. The molecule has 0 bridgehead atoms. The van der Waals surface area contributed by atoms with Crippen LogP contribution in [0.1, 0.15) is 31.4 Å². The highest BCUT2D eigenvalue weighted by Crippen LogP contribution is 2.40. The maximum atomic E-state index is 12.2. The molecular formula is C17H21N5O3. The normalized spacial score (nSPS) is 15.5. The van der Waals surface area contributed by atoms with Gasteiger partial charge in [-0.2, -0.15) is 5.10 Å². The summed E-state index contributed by atoms with van der Waals surface area (Å²) in [6.45, 7) is 2.09. The molecule has 1 saturated carbocycles. The Morgan fingerprint density at radius 2 is 2.08 bits per heavy atom. The quantitative estimate of drug-likeness (QED) is 0.817. The summed E-state index contributed by atoms with van der Waals surface area (Å²) in [5.74, 6) is 0.878. The van der Waals surface area contributed by atoms with Crippen molar-refractivity contribution in [3.63, 3.8) is 0 Å². The summed E-state index contributed by atoms with van der Waals surface area (Å²) in [7, 11) is 2.96. The van der Waals surface area contributed by atoms with Crippen molar-refractivity contribution in [3.8, 4) is 0 Å². The van der Waals surface area contributed by atoms with Gasteiger partial charge in [0, 0.05) is 32.4 Å². The summed E-state index contributed by atoms with van der Waals surface area (Å²) in [5.41, 5.74) is -0.594. The lowest BCUT2D eigenvalue weighted by Crippen LogP contribution is -2.37. The van der Waals surface area contributed by atoms with E-state index in [1.807, 2.05) is 4.68 Å². The first-order chi connectivity index (χ1) is 11.9. The van der Waals surface area contributed by atoms with Gasteiger partial charge in [0.05, 0.1) is 17.8 Å². The van der Waals surface area contributed by atoms with Crippen molar-refractivity contribution in [2.75, 3.05) is 5.32 Å². The Balaban J connectivity index is 1.76. The fraction of sp³-hybridized carbons (Fsp3) is 0.412. The predicted molar refractivity (Wildman–Crippen MR) is 94.2 cm³/mol. The molecule has 1 N–H and O–H groups in total. The zero-order chi connectivity index (χ0) is 18.1. The van der Waals surface area contributed by atoms with Crippen LogP contribution in [0.5, 0.6) is 0 Å². The van der Waals surface area contributed by atoms with E-state index in [4.69, 9.17) is 0 Å². The van der Waals surface area contributed by atoms with Gasteiger partial charge < -0.3 is 9.88 Å². The lowest BCUT2D eigenvalue weighted by atomic mass is 10.2. The largest absolute Gasteiger partial charge is 0.330 e. The lowest BCUT2D eigenvalue weighted by molar-refractivity contribution is -0.111. The highest BCUT2D eigenvalue weighted by molar-refractivity contribution is 6.01. The van der Waals surface area contributed by atoms with Crippen molar-refractivity contribution in [2.45, 2.75) is 25.8 Å². The average Bonchev–Trinajstić information content (AvgIpc) is 3.34. The Morgan fingerprint density at radius 1 is 1.36 bits per heavy atom. The number of carbonyl (C=O) groups is 1. The van der Waals surface area contributed by atoms with Crippen molar-refractivity contribution < 1.29 is 4.79 Å². The summed E-state index contributed by atoms with van der Waals surface area (Å²) in [5, 5.41) is 7.06. The fourth-order valence-electron chi connectivity index (χ4n) is 2.80. The molecular weight excluding hydrogens is 322 g/mol. The van der Waals surface area contributed by atoms with Gasteiger partial charge in [-0.05, 0) is 31.8 Å². The SMILES string of the molecule is CC(C1CC1)n1nccc1NC(=O)/C=C/c1cn(C)c(=O)n(C)c1=O. The van der Waals surface area contributed by atoms with E-state index in [-0.39, 0.29) is 17.5 Å².